The highest BCUT2D eigenvalue weighted by molar-refractivity contribution is 5.94. The quantitative estimate of drug-likeness (QED) is 0.815. The highest BCUT2D eigenvalue weighted by Gasteiger charge is 2.71. The number of aromatic nitrogens is 2. The third kappa shape index (κ3) is 2.34. The molecule has 1 saturated carbocycles. The summed E-state index contributed by atoms with van der Waals surface area (Å²) in [7, 11) is 0. The molecular formula is C16H19F3N4O3. The van der Waals surface area contributed by atoms with Crippen molar-refractivity contribution in [1.29, 1.82) is 0 Å². The van der Waals surface area contributed by atoms with Gasteiger partial charge in [0.25, 0.3) is 5.91 Å². The summed E-state index contributed by atoms with van der Waals surface area (Å²) < 4.78 is 39.5. The normalized spacial score (nSPS) is 26.1. The lowest BCUT2D eigenvalue weighted by Crippen LogP contribution is -2.64. The number of aliphatic hydroxyl groups is 1. The van der Waals surface area contributed by atoms with E-state index in [1.807, 2.05) is 0 Å². The van der Waals surface area contributed by atoms with E-state index in [4.69, 9.17) is 0 Å². The molecule has 2 aliphatic heterocycles. The summed E-state index contributed by atoms with van der Waals surface area (Å²) in [5, 5.41) is 16.0. The zero-order valence-electron chi connectivity index (χ0n) is 13.9. The molecule has 1 atom stereocenters. The van der Waals surface area contributed by atoms with Crippen molar-refractivity contribution in [3.8, 4) is 0 Å². The summed E-state index contributed by atoms with van der Waals surface area (Å²) >= 11 is 0. The molecular weight excluding hydrogens is 353 g/mol. The van der Waals surface area contributed by atoms with Crippen molar-refractivity contribution in [2.45, 2.75) is 19.0 Å². The van der Waals surface area contributed by atoms with Gasteiger partial charge in [0.2, 0.25) is 5.91 Å². The summed E-state index contributed by atoms with van der Waals surface area (Å²) in [4.78, 5) is 27.6. The highest BCUT2D eigenvalue weighted by atomic mass is 19.4. The number of alkyl halides is 3. The van der Waals surface area contributed by atoms with E-state index in [2.05, 4.69) is 10.2 Å². The predicted octanol–water partition coefficient (Wildman–Crippen LogP) is 0.645. The molecule has 3 heterocycles. The van der Waals surface area contributed by atoms with Gasteiger partial charge in [-0.15, -0.1) is 0 Å². The minimum Gasteiger partial charge on any atom is -0.396 e. The molecule has 10 heteroatoms. The molecule has 0 radical (unpaired) electrons. The van der Waals surface area contributed by atoms with Gasteiger partial charge in [-0.1, -0.05) is 0 Å². The summed E-state index contributed by atoms with van der Waals surface area (Å²) in [6, 6.07) is 0. The molecule has 3 fully saturated rings. The maximum Gasteiger partial charge on any atom is 0.403 e. The number of halogens is 3. The maximum absolute atomic E-state index is 13.2. The predicted molar refractivity (Wildman–Crippen MR) is 81.8 cm³/mol. The zero-order chi connectivity index (χ0) is 18.7. The Morgan fingerprint density at radius 2 is 1.92 bits per heavy atom. The van der Waals surface area contributed by atoms with Crippen molar-refractivity contribution in [3.05, 3.63) is 18.0 Å². The minimum atomic E-state index is -4.53. The first-order chi connectivity index (χ1) is 12.2. The first-order valence-electron chi connectivity index (χ1n) is 8.47. The lowest BCUT2D eigenvalue weighted by Gasteiger charge is -2.51. The molecule has 0 bridgehead atoms. The van der Waals surface area contributed by atoms with E-state index in [-0.39, 0.29) is 44.4 Å². The van der Waals surface area contributed by atoms with Crippen LogP contribution in [0.3, 0.4) is 0 Å². The van der Waals surface area contributed by atoms with Gasteiger partial charge < -0.3 is 14.9 Å². The van der Waals surface area contributed by atoms with Crippen molar-refractivity contribution >= 4 is 11.8 Å². The first kappa shape index (κ1) is 17.3. The summed E-state index contributed by atoms with van der Waals surface area (Å²) in [5.41, 5.74) is -2.36. The van der Waals surface area contributed by atoms with Gasteiger partial charge in [0.15, 0.2) is 0 Å². The van der Waals surface area contributed by atoms with Crippen LogP contribution in [0, 0.1) is 16.7 Å². The smallest absolute Gasteiger partial charge is 0.396 e. The zero-order valence-corrected chi connectivity index (χ0v) is 13.9. The summed E-state index contributed by atoms with van der Waals surface area (Å²) in [6.45, 7) is 0.730. The maximum atomic E-state index is 13.2. The van der Waals surface area contributed by atoms with Crippen LogP contribution in [0.4, 0.5) is 13.2 Å². The number of nitrogens with one attached hydrogen (secondary N) is 1. The summed E-state index contributed by atoms with van der Waals surface area (Å²) in [5.74, 6) is -1.37. The Morgan fingerprint density at radius 3 is 2.42 bits per heavy atom. The fraction of sp³-hybridized carbons (Fsp3) is 0.688. The topological polar surface area (TPSA) is 89.5 Å². The first-order valence-corrected chi connectivity index (χ1v) is 8.47. The molecule has 2 N–H and O–H groups in total. The van der Waals surface area contributed by atoms with Crippen LogP contribution in [0.25, 0.3) is 0 Å². The van der Waals surface area contributed by atoms with Crippen LogP contribution >= 0.6 is 0 Å². The van der Waals surface area contributed by atoms with Crippen molar-refractivity contribution in [2.24, 2.45) is 16.7 Å². The van der Waals surface area contributed by atoms with Gasteiger partial charge in [-0.2, -0.15) is 18.3 Å². The number of hydrogen-bond acceptors (Lipinski definition) is 4. The fourth-order valence-corrected chi connectivity index (χ4v) is 4.25. The van der Waals surface area contributed by atoms with E-state index >= 15 is 0 Å². The van der Waals surface area contributed by atoms with Crippen molar-refractivity contribution < 1.29 is 27.9 Å². The second kappa shape index (κ2) is 5.45. The van der Waals surface area contributed by atoms with Crippen molar-refractivity contribution in [3.63, 3.8) is 0 Å². The minimum absolute atomic E-state index is 0.143. The molecule has 1 unspecified atom stereocenters. The third-order valence-corrected chi connectivity index (χ3v) is 6.07. The lowest BCUT2D eigenvalue weighted by atomic mass is 9.71. The molecule has 4 rings (SSSR count). The molecule has 2 amide bonds. The van der Waals surface area contributed by atoms with E-state index in [0.717, 1.165) is 0 Å². The standard InChI is InChI=1S/C16H19F3N4O3/c17-16(18,19)15(1-2-15)13(26)23-8-14(9-23)7-22(5-11(14)6-24)12(25)10-3-20-21-4-10/h3-4,11,24H,1-2,5-9H2,(H,20,21). The van der Waals surface area contributed by atoms with Crippen molar-refractivity contribution in [2.75, 3.05) is 32.8 Å². The lowest BCUT2D eigenvalue weighted by molar-refractivity contribution is -0.205. The van der Waals surface area contributed by atoms with E-state index in [9.17, 15) is 27.9 Å². The average Bonchev–Trinajstić information content (AvgIpc) is 3.05. The molecule has 2 saturated heterocycles. The van der Waals surface area contributed by atoms with Crippen LogP contribution in [0.15, 0.2) is 12.4 Å². The fourth-order valence-electron chi connectivity index (χ4n) is 4.25. The molecule has 1 aromatic heterocycles. The molecule has 1 aromatic rings. The Hall–Kier alpha value is -2.10. The van der Waals surface area contributed by atoms with E-state index in [1.54, 1.807) is 4.90 Å². The van der Waals surface area contributed by atoms with Crippen LogP contribution in [-0.2, 0) is 4.79 Å². The Kier molecular flexibility index (Phi) is 3.63. The Morgan fingerprint density at radius 1 is 1.27 bits per heavy atom. The van der Waals surface area contributed by atoms with E-state index < -0.39 is 22.9 Å². The van der Waals surface area contributed by atoms with Gasteiger partial charge in [0.05, 0.1) is 11.8 Å². The number of likely N-dealkylation sites (tertiary alicyclic amines) is 2. The molecule has 3 aliphatic rings. The number of aliphatic hydroxyl groups excluding tert-OH is 1. The van der Waals surface area contributed by atoms with Crippen LogP contribution in [0.2, 0.25) is 0 Å². The van der Waals surface area contributed by atoms with Crippen LogP contribution in [-0.4, -0.2) is 75.9 Å². The van der Waals surface area contributed by atoms with Crippen molar-refractivity contribution in [1.82, 2.24) is 20.0 Å². The molecule has 7 nitrogen and oxygen atoms in total. The number of amides is 2. The van der Waals surface area contributed by atoms with Gasteiger partial charge in [-0.05, 0) is 12.8 Å². The highest BCUT2D eigenvalue weighted by Crippen LogP contribution is 2.60. The third-order valence-electron chi connectivity index (χ3n) is 6.07. The van der Waals surface area contributed by atoms with E-state index in [0.29, 0.717) is 18.7 Å². The SMILES string of the molecule is O=C(c1cn[nH]c1)N1CC(CO)C2(C1)CN(C(=O)C1(C(F)(F)F)CC1)C2. The largest absolute Gasteiger partial charge is 0.403 e. The molecule has 142 valence electrons. The Labute approximate surface area is 147 Å². The number of carbonyl (C=O) groups excluding carboxylic acids is 2. The second-order valence-electron chi connectivity index (χ2n) is 7.66. The summed E-state index contributed by atoms with van der Waals surface area (Å²) in [6.07, 6.45) is -1.97. The number of hydrogen-bond donors (Lipinski definition) is 2. The Balaban J connectivity index is 1.45. The number of carbonyl (C=O) groups is 2. The molecule has 1 aliphatic carbocycles. The second-order valence-corrected chi connectivity index (χ2v) is 7.66. The number of rotatable bonds is 3. The van der Waals surface area contributed by atoms with Crippen LogP contribution in [0.1, 0.15) is 23.2 Å². The van der Waals surface area contributed by atoms with Crippen LogP contribution in [0.5, 0.6) is 0 Å². The van der Waals surface area contributed by atoms with Gasteiger partial charge in [-0.25, -0.2) is 0 Å². The Bertz CT molecular complexity index is 724. The van der Waals surface area contributed by atoms with Gasteiger partial charge >= 0.3 is 6.18 Å². The van der Waals surface area contributed by atoms with Gasteiger partial charge in [-0.3, -0.25) is 14.7 Å². The van der Waals surface area contributed by atoms with Gasteiger partial charge in [0, 0.05) is 50.3 Å². The number of nitrogens with zero attached hydrogens (tertiary/aromatic N) is 3. The molecule has 26 heavy (non-hydrogen) atoms. The molecule has 0 aromatic carbocycles. The number of H-pyrrole nitrogens is 1. The van der Waals surface area contributed by atoms with Crippen LogP contribution < -0.4 is 0 Å². The molecule has 1 spiro atoms. The number of aromatic amines is 1. The van der Waals surface area contributed by atoms with Gasteiger partial charge in [0.1, 0.15) is 5.41 Å². The van der Waals surface area contributed by atoms with E-state index in [1.165, 1.54) is 17.3 Å². The monoisotopic (exact) mass is 372 g/mol. The average molecular weight is 372 g/mol.